The van der Waals surface area contributed by atoms with Crippen LogP contribution in [0.15, 0.2) is 30.4 Å². The van der Waals surface area contributed by atoms with Crippen LogP contribution in [-0.4, -0.2) is 13.1 Å². The summed E-state index contributed by atoms with van der Waals surface area (Å²) < 4.78 is 13.1. The average molecular weight is 256 g/mol. The van der Waals surface area contributed by atoms with Gasteiger partial charge in [0.25, 0.3) is 0 Å². The molecule has 0 aromatic heterocycles. The predicted molar refractivity (Wildman–Crippen MR) is 72.0 cm³/mol. The Bertz CT molecular complexity index is 363. The van der Waals surface area contributed by atoms with Crippen molar-refractivity contribution in [3.8, 4) is 0 Å². The molecule has 0 aliphatic rings. The maximum atomic E-state index is 13.1. The van der Waals surface area contributed by atoms with Gasteiger partial charge in [-0.1, -0.05) is 42.8 Å². The van der Waals surface area contributed by atoms with E-state index >= 15 is 0 Å². The van der Waals surface area contributed by atoms with Crippen LogP contribution in [0.5, 0.6) is 0 Å². The van der Waals surface area contributed by atoms with Gasteiger partial charge in [-0.2, -0.15) is 0 Å². The highest BCUT2D eigenvalue weighted by Crippen LogP contribution is 2.20. The number of halogens is 2. The zero-order chi connectivity index (χ0) is 12.5. The molecule has 0 unspecified atom stereocenters. The molecule has 17 heavy (non-hydrogen) atoms. The molecule has 0 spiro atoms. The molecule has 0 atom stereocenters. The van der Waals surface area contributed by atoms with E-state index in [0.717, 1.165) is 31.5 Å². The highest BCUT2D eigenvalue weighted by molar-refractivity contribution is 6.31. The minimum absolute atomic E-state index is 0.237. The molecular weight excluding hydrogens is 237 g/mol. The van der Waals surface area contributed by atoms with Gasteiger partial charge in [0.1, 0.15) is 5.82 Å². The third kappa shape index (κ3) is 5.33. The molecule has 94 valence electrons. The van der Waals surface area contributed by atoms with Crippen LogP contribution in [0, 0.1) is 5.82 Å². The molecule has 0 bridgehead atoms. The van der Waals surface area contributed by atoms with Crippen LogP contribution in [0.3, 0.4) is 0 Å². The van der Waals surface area contributed by atoms with Crippen molar-refractivity contribution >= 4 is 11.6 Å². The molecule has 0 saturated heterocycles. The van der Waals surface area contributed by atoms with Gasteiger partial charge in [0.15, 0.2) is 0 Å². The molecule has 0 saturated carbocycles. The van der Waals surface area contributed by atoms with Gasteiger partial charge in [-0.15, -0.1) is 0 Å². The summed E-state index contributed by atoms with van der Waals surface area (Å²) in [5.74, 6) is -0.345. The van der Waals surface area contributed by atoms with E-state index in [1.807, 2.05) is 12.1 Å². The number of benzene rings is 1. The maximum absolute atomic E-state index is 13.1. The molecule has 0 aliphatic carbocycles. The van der Waals surface area contributed by atoms with E-state index < -0.39 is 0 Å². The molecule has 3 heteroatoms. The average Bonchev–Trinajstić information content (AvgIpc) is 2.33. The Balaban J connectivity index is 2.30. The first-order valence-corrected chi connectivity index (χ1v) is 6.42. The second-order valence-electron chi connectivity index (χ2n) is 3.93. The van der Waals surface area contributed by atoms with Crippen LogP contribution in [-0.2, 0) is 6.42 Å². The molecule has 0 fully saturated rings. The third-order valence-electron chi connectivity index (χ3n) is 2.45. The zero-order valence-electron chi connectivity index (χ0n) is 10.2. The molecule has 0 aliphatic heterocycles. The first-order chi connectivity index (χ1) is 8.25. The van der Waals surface area contributed by atoms with Crippen molar-refractivity contribution in [1.29, 1.82) is 0 Å². The lowest BCUT2D eigenvalue weighted by molar-refractivity contribution is 0.626. The van der Waals surface area contributed by atoms with Crippen molar-refractivity contribution < 1.29 is 4.39 Å². The summed E-state index contributed by atoms with van der Waals surface area (Å²) in [7, 11) is 0. The number of allylic oxidation sites excluding steroid dienone is 1. The minimum atomic E-state index is -0.345. The minimum Gasteiger partial charge on any atom is -0.316 e. The zero-order valence-corrected chi connectivity index (χ0v) is 10.9. The lowest BCUT2D eigenvalue weighted by Crippen LogP contribution is -2.14. The van der Waals surface area contributed by atoms with Crippen LogP contribution in [0.4, 0.5) is 4.39 Å². The van der Waals surface area contributed by atoms with Gasteiger partial charge in [0, 0.05) is 0 Å². The quantitative estimate of drug-likeness (QED) is 0.574. The van der Waals surface area contributed by atoms with Crippen LogP contribution in [0.1, 0.15) is 25.3 Å². The summed E-state index contributed by atoms with van der Waals surface area (Å²) in [6.07, 6.45) is 6.97. The summed E-state index contributed by atoms with van der Waals surface area (Å²) >= 11 is 5.85. The maximum Gasteiger partial charge on any atom is 0.142 e. The Labute approximate surface area is 108 Å². The van der Waals surface area contributed by atoms with Crippen molar-refractivity contribution in [2.24, 2.45) is 0 Å². The summed E-state index contributed by atoms with van der Waals surface area (Å²) in [5, 5.41) is 3.55. The first-order valence-electron chi connectivity index (χ1n) is 6.04. The van der Waals surface area contributed by atoms with E-state index in [0.29, 0.717) is 6.42 Å². The molecule has 1 nitrogen and oxygen atoms in total. The number of hydrogen-bond acceptors (Lipinski definition) is 1. The summed E-state index contributed by atoms with van der Waals surface area (Å²) in [4.78, 5) is 0. The molecule has 0 radical (unpaired) electrons. The molecule has 1 aromatic rings. The Morgan fingerprint density at radius 2 is 2.12 bits per heavy atom. The van der Waals surface area contributed by atoms with E-state index in [-0.39, 0.29) is 10.8 Å². The van der Waals surface area contributed by atoms with Gasteiger partial charge in [0.05, 0.1) is 5.02 Å². The van der Waals surface area contributed by atoms with Crippen LogP contribution in [0.2, 0.25) is 5.02 Å². The van der Waals surface area contributed by atoms with E-state index in [9.17, 15) is 4.39 Å². The summed E-state index contributed by atoms with van der Waals surface area (Å²) in [6, 6.07) is 4.92. The highest BCUT2D eigenvalue weighted by Gasteiger charge is 2.02. The normalized spacial score (nSPS) is 11.2. The molecule has 1 aromatic carbocycles. The Hall–Kier alpha value is -0.860. The standard InChI is InChI=1S/C14H19ClFN/c1-2-10-17-11-5-3-4-7-12-8-6-9-13(16)14(12)15/h3-4,6,8-9,17H,2,5,7,10-11H2,1H3/b4-3+. The van der Waals surface area contributed by atoms with Crippen molar-refractivity contribution in [3.05, 3.63) is 46.8 Å². The fourth-order valence-electron chi connectivity index (χ4n) is 1.52. The topological polar surface area (TPSA) is 12.0 Å². The second-order valence-corrected chi connectivity index (χ2v) is 4.31. The molecule has 1 N–H and O–H groups in total. The van der Waals surface area contributed by atoms with Crippen molar-refractivity contribution in [2.45, 2.75) is 26.2 Å². The van der Waals surface area contributed by atoms with E-state index in [1.165, 1.54) is 6.07 Å². The smallest absolute Gasteiger partial charge is 0.142 e. The lowest BCUT2D eigenvalue weighted by atomic mass is 10.1. The largest absolute Gasteiger partial charge is 0.316 e. The van der Waals surface area contributed by atoms with Crippen molar-refractivity contribution in [1.82, 2.24) is 5.32 Å². The number of hydrogen-bond donors (Lipinski definition) is 1. The van der Waals surface area contributed by atoms with E-state index in [4.69, 9.17) is 11.6 Å². The number of nitrogens with one attached hydrogen (secondary N) is 1. The van der Waals surface area contributed by atoms with Gasteiger partial charge >= 0.3 is 0 Å². The molecular formula is C14H19ClFN. The van der Waals surface area contributed by atoms with E-state index in [2.05, 4.69) is 18.3 Å². The highest BCUT2D eigenvalue weighted by atomic mass is 35.5. The Morgan fingerprint density at radius 1 is 1.29 bits per heavy atom. The van der Waals surface area contributed by atoms with Gasteiger partial charge in [0.2, 0.25) is 0 Å². The van der Waals surface area contributed by atoms with Gasteiger partial charge in [-0.25, -0.2) is 4.39 Å². The van der Waals surface area contributed by atoms with Crippen molar-refractivity contribution in [3.63, 3.8) is 0 Å². The second kappa shape index (κ2) is 8.26. The van der Waals surface area contributed by atoms with Crippen LogP contribution >= 0.6 is 11.6 Å². The molecule has 0 amide bonds. The summed E-state index contributed by atoms with van der Waals surface area (Å²) in [5.41, 5.74) is 0.837. The summed E-state index contributed by atoms with van der Waals surface area (Å²) in [6.45, 7) is 4.19. The van der Waals surface area contributed by atoms with Crippen molar-refractivity contribution in [2.75, 3.05) is 13.1 Å². The Kier molecular flexibility index (Phi) is 6.90. The lowest BCUT2D eigenvalue weighted by Gasteiger charge is -2.01. The predicted octanol–water partition coefficient (Wildman–Crippen LogP) is 3.97. The van der Waals surface area contributed by atoms with E-state index in [1.54, 1.807) is 6.07 Å². The third-order valence-corrected chi connectivity index (χ3v) is 2.87. The van der Waals surface area contributed by atoms with Gasteiger partial charge < -0.3 is 5.32 Å². The number of rotatable bonds is 7. The monoisotopic (exact) mass is 255 g/mol. The van der Waals surface area contributed by atoms with Gasteiger partial charge in [-0.05, 0) is 44.0 Å². The Morgan fingerprint density at radius 3 is 2.88 bits per heavy atom. The SMILES string of the molecule is CCCNCC/C=C/Cc1cccc(F)c1Cl. The molecule has 1 rings (SSSR count). The first kappa shape index (κ1) is 14.2. The molecule has 0 heterocycles. The van der Waals surface area contributed by atoms with Crippen LogP contribution < -0.4 is 5.32 Å². The van der Waals surface area contributed by atoms with Gasteiger partial charge in [-0.3, -0.25) is 0 Å². The van der Waals surface area contributed by atoms with Crippen LogP contribution in [0.25, 0.3) is 0 Å². The fraction of sp³-hybridized carbons (Fsp3) is 0.429. The fourth-order valence-corrected chi connectivity index (χ4v) is 1.72.